The molecule has 0 unspecified atom stereocenters. The number of fused-ring (bicyclic) bond motifs is 1. The van der Waals surface area contributed by atoms with Gasteiger partial charge in [0.15, 0.2) is 0 Å². The van der Waals surface area contributed by atoms with Crippen LogP contribution in [-0.4, -0.2) is 59.6 Å². The normalized spacial score (nSPS) is 27.6. The second kappa shape index (κ2) is 6.45. The van der Waals surface area contributed by atoms with Crippen molar-refractivity contribution in [3.05, 3.63) is 35.1 Å². The van der Waals surface area contributed by atoms with E-state index in [2.05, 4.69) is 18.7 Å². The first-order valence-corrected chi connectivity index (χ1v) is 8.76. The zero-order valence-corrected chi connectivity index (χ0v) is 14.8. The third-order valence-corrected chi connectivity index (χ3v) is 5.85. The molecule has 0 spiro atoms. The summed E-state index contributed by atoms with van der Waals surface area (Å²) in [6.45, 7) is 9.13. The van der Waals surface area contributed by atoms with Crippen LogP contribution in [0.2, 0.25) is 0 Å². The van der Waals surface area contributed by atoms with Gasteiger partial charge in [0.05, 0.1) is 6.61 Å². The van der Waals surface area contributed by atoms with E-state index in [0.717, 1.165) is 19.5 Å². The van der Waals surface area contributed by atoms with E-state index < -0.39 is 0 Å². The van der Waals surface area contributed by atoms with Crippen LogP contribution in [0.3, 0.4) is 0 Å². The molecular weight excluding hydrogens is 307 g/mol. The number of likely N-dealkylation sites (tertiary alicyclic amines) is 2. The lowest BCUT2D eigenvalue weighted by Crippen LogP contribution is -2.52. The molecule has 1 amide bonds. The van der Waals surface area contributed by atoms with E-state index in [1.54, 1.807) is 24.0 Å². The number of rotatable bonds is 3. The van der Waals surface area contributed by atoms with Gasteiger partial charge in [-0.05, 0) is 57.4 Å². The standard InChI is InChI=1S/C19H27FN2O2/c1-13(2)21-7-6-16-9-22(11-19(16,10-21)12-23)18(24)15-5-4-14(3)17(20)8-15/h4-5,8,13,16,23H,6-7,9-12H2,1-3H3/t16-,19+/m1/s1. The van der Waals surface area contributed by atoms with Gasteiger partial charge in [0, 0.05) is 36.7 Å². The molecule has 24 heavy (non-hydrogen) atoms. The highest BCUT2D eigenvalue weighted by molar-refractivity contribution is 5.94. The van der Waals surface area contributed by atoms with Crippen molar-refractivity contribution in [2.24, 2.45) is 11.3 Å². The maximum atomic E-state index is 13.8. The van der Waals surface area contributed by atoms with Crippen LogP contribution < -0.4 is 0 Å². The highest BCUT2D eigenvalue weighted by Gasteiger charge is 2.50. The molecular formula is C19H27FN2O2. The third kappa shape index (κ3) is 2.95. The van der Waals surface area contributed by atoms with Gasteiger partial charge in [0.2, 0.25) is 0 Å². The van der Waals surface area contributed by atoms with Crippen molar-refractivity contribution in [2.75, 3.05) is 32.8 Å². The summed E-state index contributed by atoms with van der Waals surface area (Å²) in [6.07, 6.45) is 0.991. The Bertz CT molecular complexity index is 634. The molecule has 0 aliphatic carbocycles. The second-order valence-electron chi connectivity index (χ2n) is 7.72. The van der Waals surface area contributed by atoms with E-state index in [1.807, 2.05) is 0 Å². The molecule has 2 aliphatic rings. The first kappa shape index (κ1) is 17.4. The monoisotopic (exact) mass is 334 g/mol. The van der Waals surface area contributed by atoms with E-state index in [9.17, 15) is 14.3 Å². The number of carbonyl (C=O) groups is 1. The molecule has 1 aromatic rings. The number of hydrogen-bond acceptors (Lipinski definition) is 3. The quantitative estimate of drug-likeness (QED) is 0.922. The molecule has 132 valence electrons. The smallest absolute Gasteiger partial charge is 0.253 e. The minimum atomic E-state index is -0.347. The molecule has 2 fully saturated rings. The number of carbonyl (C=O) groups excluding carboxylic acids is 1. The highest BCUT2D eigenvalue weighted by atomic mass is 19.1. The summed E-state index contributed by atoms with van der Waals surface area (Å²) in [5.74, 6) is -0.163. The molecule has 2 heterocycles. The zero-order valence-electron chi connectivity index (χ0n) is 14.8. The molecule has 2 atom stereocenters. The molecule has 2 aliphatic heterocycles. The third-order valence-electron chi connectivity index (χ3n) is 5.85. The molecule has 0 saturated carbocycles. The average Bonchev–Trinajstić information content (AvgIpc) is 2.95. The van der Waals surface area contributed by atoms with Crippen molar-refractivity contribution in [1.29, 1.82) is 0 Å². The summed E-state index contributed by atoms with van der Waals surface area (Å²) in [7, 11) is 0. The predicted octanol–water partition coefficient (Wildman–Crippen LogP) is 2.30. The Morgan fingerprint density at radius 3 is 2.79 bits per heavy atom. The van der Waals surface area contributed by atoms with E-state index in [1.165, 1.54) is 6.07 Å². The number of benzene rings is 1. The molecule has 0 aromatic heterocycles. The summed E-state index contributed by atoms with van der Waals surface area (Å²) in [5, 5.41) is 10.1. The van der Waals surface area contributed by atoms with Gasteiger partial charge in [-0.3, -0.25) is 4.79 Å². The molecule has 4 nitrogen and oxygen atoms in total. The summed E-state index contributed by atoms with van der Waals surface area (Å²) < 4.78 is 13.8. The average molecular weight is 334 g/mol. The maximum Gasteiger partial charge on any atom is 0.253 e. The van der Waals surface area contributed by atoms with Crippen LogP contribution >= 0.6 is 0 Å². The van der Waals surface area contributed by atoms with Crippen LogP contribution in [-0.2, 0) is 0 Å². The summed E-state index contributed by atoms with van der Waals surface area (Å²) >= 11 is 0. The van der Waals surface area contributed by atoms with E-state index in [0.29, 0.717) is 36.2 Å². The van der Waals surface area contributed by atoms with Gasteiger partial charge in [0.1, 0.15) is 5.82 Å². The summed E-state index contributed by atoms with van der Waals surface area (Å²) in [4.78, 5) is 17.0. The predicted molar refractivity (Wildman–Crippen MR) is 91.4 cm³/mol. The Hall–Kier alpha value is -1.46. The highest BCUT2D eigenvalue weighted by Crippen LogP contribution is 2.42. The Morgan fingerprint density at radius 1 is 1.42 bits per heavy atom. The van der Waals surface area contributed by atoms with Crippen molar-refractivity contribution < 1.29 is 14.3 Å². The molecule has 2 saturated heterocycles. The Labute approximate surface area is 143 Å². The molecule has 5 heteroatoms. The van der Waals surface area contributed by atoms with Crippen LogP contribution in [0.1, 0.15) is 36.2 Å². The van der Waals surface area contributed by atoms with E-state index in [-0.39, 0.29) is 23.7 Å². The van der Waals surface area contributed by atoms with Crippen LogP contribution in [0.15, 0.2) is 18.2 Å². The lowest BCUT2D eigenvalue weighted by molar-refractivity contribution is -0.00103. The van der Waals surface area contributed by atoms with Crippen molar-refractivity contribution in [3.63, 3.8) is 0 Å². The van der Waals surface area contributed by atoms with Gasteiger partial charge < -0.3 is 14.9 Å². The van der Waals surface area contributed by atoms with Crippen molar-refractivity contribution >= 4 is 5.91 Å². The number of aliphatic hydroxyl groups is 1. The lowest BCUT2D eigenvalue weighted by atomic mass is 9.73. The minimum absolute atomic E-state index is 0.0902. The van der Waals surface area contributed by atoms with Crippen LogP contribution in [0.4, 0.5) is 4.39 Å². The fourth-order valence-corrected chi connectivity index (χ4v) is 4.15. The van der Waals surface area contributed by atoms with Crippen molar-refractivity contribution in [1.82, 2.24) is 9.80 Å². The molecule has 3 rings (SSSR count). The SMILES string of the molecule is Cc1ccc(C(=O)N2C[C@H]3CCN(C(C)C)C[C@@]3(CO)C2)cc1F. The van der Waals surface area contributed by atoms with E-state index in [4.69, 9.17) is 0 Å². The number of hydrogen-bond donors (Lipinski definition) is 1. The van der Waals surface area contributed by atoms with Gasteiger partial charge in [-0.2, -0.15) is 0 Å². The Balaban J connectivity index is 1.80. The number of aryl methyl sites for hydroxylation is 1. The van der Waals surface area contributed by atoms with E-state index >= 15 is 0 Å². The lowest BCUT2D eigenvalue weighted by Gasteiger charge is -2.44. The zero-order chi connectivity index (χ0) is 17.5. The van der Waals surface area contributed by atoms with Crippen LogP contribution in [0.5, 0.6) is 0 Å². The maximum absolute atomic E-state index is 13.8. The Kier molecular flexibility index (Phi) is 4.67. The van der Waals surface area contributed by atoms with Crippen molar-refractivity contribution in [2.45, 2.75) is 33.2 Å². The first-order valence-electron chi connectivity index (χ1n) is 8.76. The second-order valence-corrected chi connectivity index (χ2v) is 7.72. The van der Waals surface area contributed by atoms with Gasteiger partial charge in [-0.15, -0.1) is 0 Å². The number of nitrogens with zero attached hydrogens (tertiary/aromatic N) is 2. The van der Waals surface area contributed by atoms with Gasteiger partial charge >= 0.3 is 0 Å². The number of aliphatic hydroxyl groups excluding tert-OH is 1. The van der Waals surface area contributed by atoms with Crippen LogP contribution in [0, 0.1) is 24.1 Å². The fourth-order valence-electron chi connectivity index (χ4n) is 4.15. The molecule has 1 aromatic carbocycles. The molecule has 1 N–H and O–H groups in total. The number of piperidine rings is 1. The number of amides is 1. The first-order chi connectivity index (χ1) is 11.4. The van der Waals surface area contributed by atoms with Gasteiger partial charge in [-0.1, -0.05) is 6.07 Å². The van der Waals surface area contributed by atoms with Crippen molar-refractivity contribution in [3.8, 4) is 0 Å². The summed E-state index contributed by atoms with van der Waals surface area (Å²) in [5.41, 5.74) is 0.688. The largest absolute Gasteiger partial charge is 0.396 e. The van der Waals surface area contributed by atoms with Crippen LogP contribution in [0.25, 0.3) is 0 Å². The molecule has 0 bridgehead atoms. The number of halogens is 1. The minimum Gasteiger partial charge on any atom is -0.396 e. The van der Waals surface area contributed by atoms with Gasteiger partial charge in [-0.25, -0.2) is 4.39 Å². The molecule has 0 radical (unpaired) electrons. The Morgan fingerprint density at radius 2 is 2.17 bits per heavy atom. The fraction of sp³-hybridized carbons (Fsp3) is 0.632. The van der Waals surface area contributed by atoms with Gasteiger partial charge in [0.25, 0.3) is 5.91 Å². The topological polar surface area (TPSA) is 43.8 Å². The summed E-state index contributed by atoms with van der Waals surface area (Å²) in [6, 6.07) is 5.10.